The van der Waals surface area contributed by atoms with Crippen LogP contribution in [-0.4, -0.2) is 27.2 Å². The van der Waals surface area contributed by atoms with Crippen LogP contribution in [0.5, 0.6) is 17.2 Å². The number of rotatable bonds is 9. The third kappa shape index (κ3) is 5.54. The van der Waals surface area contributed by atoms with Crippen LogP contribution in [0.1, 0.15) is 29.2 Å². The quantitative estimate of drug-likeness (QED) is 0.543. The molecule has 0 spiro atoms. The van der Waals surface area contributed by atoms with Gasteiger partial charge in [-0.05, 0) is 47.4 Å². The standard InChI is InChI=1S/C25H26FNO4/c1-29-21-15-17(16-22(30-2)25(21)31-3)9-14-23(28)27-24(18-7-5-4-6-8-18)19-10-12-20(26)13-11-19/h4-8,10-13,15-16,24H,9,14H2,1-3H3,(H,27,28). The first-order valence-electron chi connectivity index (χ1n) is 9.94. The first-order valence-corrected chi connectivity index (χ1v) is 9.94. The molecule has 3 aromatic rings. The highest BCUT2D eigenvalue weighted by atomic mass is 19.1. The van der Waals surface area contributed by atoms with Crippen LogP contribution in [0, 0.1) is 5.82 Å². The fraction of sp³-hybridized carbons (Fsp3) is 0.240. The van der Waals surface area contributed by atoms with Gasteiger partial charge in [-0.1, -0.05) is 42.5 Å². The number of benzene rings is 3. The summed E-state index contributed by atoms with van der Waals surface area (Å²) in [5.74, 6) is 1.17. The molecular formula is C25H26FNO4. The topological polar surface area (TPSA) is 56.8 Å². The van der Waals surface area contributed by atoms with Gasteiger partial charge in [0.25, 0.3) is 0 Å². The Morgan fingerprint density at radius 3 is 2.00 bits per heavy atom. The summed E-state index contributed by atoms with van der Waals surface area (Å²) in [4.78, 5) is 12.8. The van der Waals surface area contributed by atoms with Gasteiger partial charge in [0.15, 0.2) is 11.5 Å². The highest BCUT2D eigenvalue weighted by Gasteiger charge is 2.18. The molecule has 0 aliphatic carbocycles. The van der Waals surface area contributed by atoms with Crippen LogP contribution >= 0.6 is 0 Å². The Balaban J connectivity index is 1.75. The number of methoxy groups -OCH3 is 3. The van der Waals surface area contributed by atoms with Crippen molar-refractivity contribution in [2.75, 3.05) is 21.3 Å². The molecule has 1 atom stereocenters. The number of hydrogen-bond acceptors (Lipinski definition) is 4. The van der Waals surface area contributed by atoms with Gasteiger partial charge in [-0.2, -0.15) is 0 Å². The van der Waals surface area contributed by atoms with E-state index in [4.69, 9.17) is 14.2 Å². The number of carbonyl (C=O) groups is 1. The van der Waals surface area contributed by atoms with Gasteiger partial charge >= 0.3 is 0 Å². The minimum Gasteiger partial charge on any atom is -0.493 e. The summed E-state index contributed by atoms with van der Waals surface area (Å²) >= 11 is 0. The molecule has 1 amide bonds. The Morgan fingerprint density at radius 1 is 0.871 bits per heavy atom. The van der Waals surface area contributed by atoms with Crippen molar-refractivity contribution in [1.82, 2.24) is 5.32 Å². The van der Waals surface area contributed by atoms with Crippen LogP contribution in [0.4, 0.5) is 4.39 Å². The van der Waals surface area contributed by atoms with Crippen molar-refractivity contribution < 1.29 is 23.4 Å². The molecule has 5 nitrogen and oxygen atoms in total. The number of aryl methyl sites for hydroxylation is 1. The zero-order valence-electron chi connectivity index (χ0n) is 17.9. The van der Waals surface area contributed by atoms with Gasteiger partial charge in [-0.3, -0.25) is 4.79 Å². The molecule has 0 heterocycles. The Morgan fingerprint density at radius 2 is 1.45 bits per heavy atom. The van der Waals surface area contributed by atoms with Crippen molar-refractivity contribution in [2.24, 2.45) is 0 Å². The van der Waals surface area contributed by atoms with Gasteiger partial charge in [0.05, 0.1) is 27.4 Å². The molecule has 162 valence electrons. The summed E-state index contributed by atoms with van der Waals surface area (Å²) < 4.78 is 29.5. The zero-order valence-corrected chi connectivity index (χ0v) is 17.9. The Kier molecular flexibility index (Phi) is 7.49. The zero-order chi connectivity index (χ0) is 22.2. The smallest absolute Gasteiger partial charge is 0.221 e. The van der Waals surface area contributed by atoms with E-state index in [2.05, 4.69) is 5.32 Å². The Hall–Kier alpha value is -3.54. The molecule has 0 aliphatic heterocycles. The first kappa shape index (κ1) is 22.2. The number of carbonyl (C=O) groups excluding carboxylic acids is 1. The lowest BCUT2D eigenvalue weighted by molar-refractivity contribution is -0.121. The second-order valence-corrected chi connectivity index (χ2v) is 7.00. The van der Waals surface area contributed by atoms with Gasteiger partial charge < -0.3 is 19.5 Å². The third-order valence-electron chi connectivity index (χ3n) is 5.01. The van der Waals surface area contributed by atoms with Gasteiger partial charge in [0.1, 0.15) is 5.82 Å². The van der Waals surface area contributed by atoms with E-state index in [1.165, 1.54) is 12.1 Å². The van der Waals surface area contributed by atoms with Crippen LogP contribution in [0.25, 0.3) is 0 Å². The lowest BCUT2D eigenvalue weighted by Crippen LogP contribution is -2.29. The molecule has 0 bridgehead atoms. The molecule has 31 heavy (non-hydrogen) atoms. The monoisotopic (exact) mass is 423 g/mol. The molecular weight excluding hydrogens is 397 g/mol. The number of nitrogens with one attached hydrogen (secondary N) is 1. The van der Waals surface area contributed by atoms with E-state index in [1.807, 2.05) is 42.5 Å². The predicted octanol–water partition coefficient (Wildman–Crippen LogP) is 4.69. The molecule has 0 radical (unpaired) electrons. The van der Waals surface area contributed by atoms with Crippen molar-refractivity contribution in [3.8, 4) is 17.2 Å². The van der Waals surface area contributed by atoms with Gasteiger partial charge in [0.2, 0.25) is 11.7 Å². The molecule has 0 saturated heterocycles. The van der Waals surface area contributed by atoms with Gasteiger partial charge in [0, 0.05) is 6.42 Å². The number of halogens is 1. The molecule has 3 aromatic carbocycles. The molecule has 0 fully saturated rings. The molecule has 0 aromatic heterocycles. The molecule has 1 N–H and O–H groups in total. The molecule has 6 heteroatoms. The fourth-order valence-electron chi connectivity index (χ4n) is 3.43. The van der Waals surface area contributed by atoms with Gasteiger partial charge in [-0.15, -0.1) is 0 Å². The maximum Gasteiger partial charge on any atom is 0.221 e. The second kappa shape index (κ2) is 10.5. The average Bonchev–Trinajstić information content (AvgIpc) is 2.81. The average molecular weight is 423 g/mol. The molecule has 0 aliphatic rings. The van der Waals surface area contributed by atoms with Crippen molar-refractivity contribution in [3.63, 3.8) is 0 Å². The SMILES string of the molecule is COc1cc(CCC(=O)NC(c2ccccc2)c2ccc(F)cc2)cc(OC)c1OC. The first-order chi connectivity index (χ1) is 15.0. The van der Waals surface area contributed by atoms with E-state index in [-0.39, 0.29) is 24.2 Å². The van der Waals surface area contributed by atoms with E-state index in [9.17, 15) is 9.18 Å². The van der Waals surface area contributed by atoms with Crippen LogP contribution in [0.2, 0.25) is 0 Å². The summed E-state index contributed by atoms with van der Waals surface area (Å²) in [6.07, 6.45) is 0.761. The summed E-state index contributed by atoms with van der Waals surface area (Å²) in [6.45, 7) is 0. The summed E-state index contributed by atoms with van der Waals surface area (Å²) in [7, 11) is 4.66. The van der Waals surface area contributed by atoms with E-state index >= 15 is 0 Å². The minimum atomic E-state index is -0.366. The van der Waals surface area contributed by atoms with Crippen LogP contribution in [0.15, 0.2) is 66.7 Å². The summed E-state index contributed by atoms with van der Waals surface area (Å²) in [5, 5.41) is 3.07. The van der Waals surface area contributed by atoms with Crippen molar-refractivity contribution >= 4 is 5.91 Å². The van der Waals surface area contributed by atoms with Crippen molar-refractivity contribution in [1.29, 1.82) is 0 Å². The molecule has 3 rings (SSSR count). The van der Waals surface area contributed by atoms with Crippen molar-refractivity contribution in [3.05, 3.63) is 89.2 Å². The third-order valence-corrected chi connectivity index (χ3v) is 5.01. The van der Waals surface area contributed by atoms with E-state index in [0.29, 0.717) is 23.7 Å². The van der Waals surface area contributed by atoms with E-state index < -0.39 is 0 Å². The van der Waals surface area contributed by atoms with Crippen LogP contribution in [0.3, 0.4) is 0 Å². The van der Waals surface area contributed by atoms with E-state index in [0.717, 1.165) is 16.7 Å². The van der Waals surface area contributed by atoms with Crippen LogP contribution < -0.4 is 19.5 Å². The second-order valence-electron chi connectivity index (χ2n) is 7.00. The number of amides is 1. The fourth-order valence-corrected chi connectivity index (χ4v) is 3.43. The Labute approximate surface area is 181 Å². The summed E-state index contributed by atoms with van der Waals surface area (Å²) in [5.41, 5.74) is 2.63. The lowest BCUT2D eigenvalue weighted by atomic mass is 9.98. The number of hydrogen-bond donors (Lipinski definition) is 1. The highest BCUT2D eigenvalue weighted by Crippen LogP contribution is 2.38. The lowest BCUT2D eigenvalue weighted by Gasteiger charge is -2.20. The maximum atomic E-state index is 13.4. The minimum absolute atomic E-state index is 0.119. The maximum absolute atomic E-state index is 13.4. The van der Waals surface area contributed by atoms with Crippen LogP contribution in [-0.2, 0) is 11.2 Å². The Bertz CT molecular complexity index is 981. The highest BCUT2D eigenvalue weighted by molar-refractivity contribution is 5.77. The largest absolute Gasteiger partial charge is 0.493 e. The normalized spacial score (nSPS) is 11.5. The molecule has 0 saturated carbocycles. The summed E-state index contributed by atoms with van der Waals surface area (Å²) in [6, 6.07) is 19.1. The van der Waals surface area contributed by atoms with Gasteiger partial charge in [-0.25, -0.2) is 4.39 Å². The van der Waals surface area contributed by atoms with E-state index in [1.54, 1.807) is 33.5 Å². The van der Waals surface area contributed by atoms with Crippen molar-refractivity contribution in [2.45, 2.75) is 18.9 Å². The predicted molar refractivity (Wildman–Crippen MR) is 117 cm³/mol. The number of ether oxygens (including phenoxy) is 3. The molecule has 1 unspecified atom stereocenters.